The van der Waals surface area contributed by atoms with E-state index in [1.165, 1.54) is 29.6 Å². The van der Waals surface area contributed by atoms with Crippen LogP contribution >= 0.6 is 0 Å². The Morgan fingerprint density at radius 2 is 2.11 bits per heavy atom. The molecule has 0 amide bonds. The normalized spacial score (nSPS) is 10.2. The lowest BCUT2D eigenvalue weighted by molar-refractivity contribution is 0.0698. The smallest absolute Gasteiger partial charge is 0.337 e. The van der Waals surface area contributed by atoms with E-state index in [4.69, 9.17) is 5.11 Å². The van der Waals surface area contributed by atoms with Gasteiger partial charge >= 0.3 is 5.97 Å². The highest BCUT2D eigenvalue weighted by molar-refractivity contribution is 5.93. The number of rotatable bonds is 4. The van der Waals surface area contributed by atoms with E-state index in [0.717, 1.165) is 5.56 Å². The molecule has 1 aromatic carbocycles. The Balaban J connectivity index is 2.19. The number of aromatic carboxylic acids is 1. The van der Waals surface area contributed by atoms with Crippen molar-refractivity contribution in [1.29, 1.82) is 0 Å². The molecule has 0 atom stereocenters. The van der Waals surface area contributed by atoms with Crippen molar-refractivity contribution in [2.75, 3.05) is 5.32 Å². The molecule has 0 aliphatic rings. The molecule has 4 nitrogen and oxygen atoms in total. The second kappa shape index (κ2) is 5.52. The molecule has 98 valence electrons. The predicted octanol–water partition coefficient (Wildman–Crippen LogP) is 3.01. The zero-order chi connectivity index (χ0) is 13.8. The molecule has 2 aromatic rings. The van der Waals surface area contributed by atoms with Crippen LogP contribution in [0.15, 0.2) is 36.7 Å². The summed E-state index contributed by atoms with van der Waals surface area (Å²) in [6, 6.07) is 7.59. The molecule has 1 aromatic heterocycles. The number of hydrogen-bond donors (Lipinski definition) is 2. The third kappa shape index (κ3) is 2.91. The van der Waals surface area contributed by atoms with E-state index >= 15 is 0 Å². The van der Waals surface area contributed by atoms with Gasteiger partial charge in [-0.25, -0.2) is 4.79 Å². The van der Waals surface area contributed by atoms with Crippen LogP contribution in [0, 0.1) is 13.8 Å². The van der Waals surface area contributed by atoms with Crippen molar-refractivity contribution in [2.45, 2.75) is 20.4 Å². The zero-order valence-electron chi connectivity index (χ0n) is 11.0. The van der Waals surface area contributed by atoms with Crippen molar-refractivity contribution in [3.63, 3.8) is 0 Å². The molecule has 0 aliphatic heterocycles. The molecule has 0 radical (unpaired) electrons. The lowest BCUT2D eigenvalue weighted by Crippen LogP contribution is -2.07. The summed E-state index contributed by atoms with van der Waals surface area (Å²) in [6.07, 6.45) is 3.02. The number of anilines is 1. The first kappa shape index (κ1) is 13.1. The number of aryl methyl sites for hydroxylation is 1. The van der Waals surface area contributed by atoms with E-state index < -0.39 is 5.97 Å². The number of nitrogens with zero attached hydrogens (tertiary/aromatic N) is 1. The van der Waals surface area contributed by atoms with Crippen LogP contribution in [0.25, 0.3) is 0 Å². The van der Waals surface area contributed by atoms with Crippen molar-refractivity contribution in [1.82, 2.24) is 4.98 Å². The van der Waals surface area contributed by atoms with E-state index in [9.17, 15) is 4.79 Å². The Bertz CT molecular complexity index is 609. The van der Waals surface area contributed by atoms with Crippen molar-refractivity contribution < 1.29 is 9.90 Å². The molecular formula is C15H16N2O2. The number of carboxylic acids is 1. The first-order valence-corrected chi connectivity index (χ1v) is 6.06. The summed E-state index contributed by atoms with van der Waals surface area (Å²) in [5.41, 5.74) is 4.37. The van der Waals surface area contributed by atoms with Crippen LogP contribution in [-0.2, 0) is 6.54 Å². The fraction of sp³-hybridized carbons (Fsp3) is 0.200. The largest absolute Gasteiger partial charge is 0.478 e. The van der Waals surface area contributed by atoms with Crippen molar-refractivity contribution >= 4 is 11.7 Å². The van der Waals surface area contributed by atoms with Gasteiger partial charge in [0.1, 0.15) is 0 Å². The standard InChI is InChI=1S/C15H16N2O2/c1-10-4-3-5-12(11(10)2)8-17-14-9-16-7-6-13(14)15(18)19/h3-7,9,17H,8H2,1-2H3,(H,18,19). The van der Waals surface area contributed by atoms with Gasteiger partial charge in [0, 0.05) is 12.7 Å². The number of carboxylic acid groups (broad SMARTS) is 1. The Morgan fingerprint density at radius 3 is 2.84 bits per heavy atom. The molecule has 0 saturated carbocycles. The van der Waals surface area contributed by atoms with Gasteiger partial charge in [0.05, 0.1) is 17.4 Å². The maximum Gasteiger partial charge on any atom is 0.337 e. The van der Waals surface area contributed by atoms with Gasteiger partial charge < -0.3 is 10.4 Å². The van der Waals surface area contributed by atoms with Crippen molar-refractivity contribution in [3.8, 4) is 0 Å². The number of aromatic nitrogens is 1. The molecule has 0 spiro atoms. The van der Waals surface area contributed by atoms with Gasteiger partial charge in [0.25, 0.3) is 0 Å². The first-order valence-electron chi connectivity index (χ1n) is 6.06. The number of carbonyl (C=O) groups is 1. The minimum absolute atomic E-state index is 0.236. The lowest BCUT2D eigenvalue weighted by atomic mass is 10.0. The fourth-order valence-corrected chi connectivity index (χ4v) is 1.92. The number of hydrogen-bond acceptors (Lipinski definition) is 3. The Kier molecular flexibility index (Phi) is 3.80. The van der Waals surface area contributed by atoms with Crippen LogP contribution in [0.1, 0.15) is 27.0 Å². The summed E-state index contributed by atoms with van der Waals surface area (Å²) in [5, 5.41) is 12.2. The van der Waals surface area contributed by atoms with Crippen LogP contribution in [0.3, 0.4) is 0 Å². The molecule has 4 heteroatoms. The molecule has 2 rings (SSSR count). The molecule has 1 heterocycles. The average Bonchev–Trinajstić information content (AvgIpc) is 2.40. The zero-order valence-corrected chi connectivity index (χ0v) is 11.0. The highest BCUT2D eigenvalue weighted by atomic mass is 16.4. The quantitative estimate of drug-likeness (QED) is 0.882. The second-order valence-corrected chi connectivity index (χ2v) is 4.44. The van der Waals surface area contributed by atoms with Crippen LogP contribution < -0.4 is 5.32 Å². The van der Waals surface area contributed by atoms with Crippen LogP contribution in [0.5, 0.6) is 0 Å². The van der Waals surface area contributed by atoms with E-state index in [2.05, 4.69) is 30.2 Å². The van der Waals surface area contributed by atoms with Gasteiger partial charge in [-0.3, -0.25) is 4.98 Å². The number of benzene rings is 1. The molecule has 0 fully saturated rings. The summed E-state index contributed by atoms with van der Waals surface area (Å²) in [7, 11) is 0. The minimum Gasteiger partial charge on any atom is -0.478 e. The summed E-state index contributed by atoms with van der Waals surface area (Å²) in [4.78, 5) is 15.0. The Hall–Kier alpha value is -2.36. The number of pyridine rings is 1. The lowest BCUT2D eigenvalue weighted by Gasteiger charge is -2.12. The third-order valence-electron chi connectivity index (χ3n) is 3.24. The molecule has 0 unspecified atom stereocenters. The van der Waals surface area contributed by atoms with Gasteiger partial charge in [-0.05, 0) is 36.6 Å². The summed E-state index contributed by atoms with van der Waals surface area (Å²) in [6.45, 7) is 4.71. The molecule has 0 bridgehead atoms. The highest BCUT2D eigenvalue weighted by Crippen LogP contribution is 2.17. The van der Waals surface area contributed by atoms with Crippen LogP contribution in [-0.4, -0.2) is 16.1 Å². The van der Waals surface area contributed by atoms with E-state index in [1.807, 2.05) is 12.1 Å². The van der Waals surface area contributed by atoms with E-state index in [0.29, 0.717) is 12.2 Å². The monoisotopic (exact) mass is 256 g/mol. The minimum atomic E-state index is -0.953. The van der Waals surface area contributed by atoms with E-state index in [1.54, 1.807) is 0 Å². The van der Waals surface area contributed by atoms with Crippen molar-refractivity contribution in [3.05, 3.63) is 58.9 Å². The highest BCUT2D eigenvalue weighted by Gasteiger charge is 2.09. The molecule has 2 N–H and O–H groups in total. The van der Waals surface area contributed by atoms with Gasteiger partial charge in [-0.15, -0.1) is 0 Å². The van der Waals surface area contributed by atoms with Crippen molar-refractivity contribution in [2.24, 2.45) is 0 Å². The third-order valence-corrected chi connectivity index (χ3v) is 3.24. The molecular weight excluding hydrogens is 240 g/mol. The number of nitrogens with one attached hydrogen (secondary N) is 1. The maximum absolute atomic E-state index is 11.1. The van der Waals surface area contributed by atoms with Crippen LogP contribution in [0.4, 0.5) is 5.69 Å². The van der Waals surface area contributed by atoms with Gasteiger partial charge in [0.15, 0.2) is 0 Å². The molecule has 0 aliphatic carbocycles. The van der Waals surface area contributed by atoms with Gasteiger partial charge in [-0.1, -0.05) is 18.2 Å². The van der Waals surface area contributed by atoms with E-state index in [-0.39, 0.29) is 5.56 Å². The predicted molar refractivity (Wildman–Crippen MR) is 74.4 cm³/mol. The Morgan fingerprint density at radius 1 is 1.32 bits per heavy atom. The fourth-order valence-electron chi connectivity index (χ4n) is 1.92. The summed E-state index contributed by atoms with van der Waals surface area (Å²) >= 11 is 0. The first-order chi connectivity index (χ1) is 9.09. The molecule has 0 saturated heterocycles. The van der Waals surface area contributed by atoms with Crippen LogP contribution in [0.2, 0.25) is 0 Å². The summed E-state index contributed by atoms with van der Waals surface area (Å²) < 4.78 is 0. The summed E-state index contributed by atoms with van der Waals surface area (Å²) in [5.74, 6) is -0.953. The SMILES string of the molecule is Cc1cccc(CNc2cnccc2C(=O)O)c1C. The maximum atomic E-state index is 11.1. The van der Waals surface area contributed by atoms with Gasteiger partial charge in [-0.2, -0.15) is 0 Å². The van der Waals surface area contributed by atoms with Gasteiger partial charge in [0.2, 0.25) is 0 Å². The topological polar surface area (TPSA) is 62.2 Å². The average molecular weight is 256 g/mol. The Labute approximate surface area is 112 Å². The molecule has 19 heavy (non-hydrogen) atoms. The second-order valence-electron chi connectivity index (χ2n) is 4.44.